The minimum Gasteiger partial charge on any atom is -0.481 e. The number of rotatable bonds is 3. The van der Waals surface area contributed by atoms with Crippen LogP contribution < -0.4 is 9.64 Å². The molecule has 1 aliphatic rings. The maximum absolute atomic E-state index is 11.0. The molecule has 2 rings (SSSR count). The standard InChI is InChI=1S/C11H15N3O3/c1-17-9-4-5-12-11(13-9)14-6-2-3-8(7-14)10(15)16/h4-5,8H,2-3,6-7H2,1H3,(H,15,16)/t8-/m1/s1. The molecule has 0 aromatic carbocycles. The highest BCUT2D eigenvalue weighted by Crippen LogP contribution is 2.21. The van der Waals surface area contributed by atoms with Gasteiger partial charge in [-0.2, -0.15) is 4.98 Å². The number of hydrogen-bond donors (Lipinski definition) is 1. The first-order valence-electron chi connectivity index (χ1n) is 5.55. The van der Waals surface area contributed by atoms with E-state index in [-0.39, 0.29) is 5.92 Å². The number of nitrogens with zero attached hydrogens (tertiary/aromatic N) is 3. The first-order chi connectivity index (χ1) is 8.20. The molecule has 6 nitrogen and oxygen atoms in total. The minimum absolute atomic E-state index is 0.335. The predicted molar refractivity (Wildman–Crippen MR) is 61.2 cm³/mol. The van der Waals surface area contributed by atoms with E-state index in [4.69, 9.17) is 9.84 Å². The number of carboxylic acids is 1. The van der Waals surface area contributed by atoms with Crippen molar-refractivity contribution in [1.29, 1.82) is 0 Å². The van der Waals surface area contributed by atoms with Crippen LogP contribution in [0.4, 0.5) is 5.95 Å². The monoisotopic (exact) mass is 237 g/mol. The molecule has 1 atom stereocenters. The molecular weight excluding hydrogens is 222 g/mol. The lowest BCUT2D eigenvalue weighted by atomic mass is 9.99. The summed E-state index contributed by atoms with van der Waals surface area (Å²) in [7, 11) is 1.54. The van der Waals surface area contributed by atoms with Crippen molar-refractivity contribution in [1.82, 2.24) is 9.97 Å². The molecule has 1 saturated heterocycles. The summed E-state index contributed by atoms with van der Waals surface area (Å²) in [6.45, 7) is 1.25. The number of aliphatic carboxylic acids is 1. The molecule has 1 aliphatic heterocycles. The smallest absolute Gasteiger partial charge is 0.308 e. The highest BCUT2D eigenvalue weighted by Gasteiger charge is 2.26. The zero-order valence-electron chi connectivity index (χ0n) is 9.67. The first-order valence-corrected chi connectivity index (χ1v) is 5.55. The molecule has 0 aliphatic carbocycles. The maximum atomic E-state index is 11.0. The third kappa shape index (κ3) is 2.64. The van der Waals surface area contributed by atoms with E-state index in [0.717, 1.165) is 19.4 Å². The van der Waals surface area contributed by atoms with Crippen LogP contribution in [0.5, 0.6) is 5.88 Å². The van der Waals surface area contributed by atoms with Crippen LogP contribution in [0.3, 0.4) is 0 Å². The zero-order chi connectivity index (χ0) is 12.3. The number of methoxy groups -OCH3 is 1. The highest BCUT2D eigenvalue weighted by molar-refractivity contribution is 5.71. The summed E-state index contributed by atoms with van der Waals surface area (Å²) in [6.07, 6.45) is 3.18. The summed E-state index contributed by atoms with van der Waals surface area (Å²) in [6, 6.07) is 1.67. The van der Waals surface area contributed by atoms with Gasteiger partial charge in [0, 0.05) is 25.4 Å². The van der Waals surface area contributed by atoms with Gasteiger partial charge in [0.2, 0.25) is 11.8 Å². The molecule has 1 aromatic rings. The number of anilines is 1. The first kappa shape index (κ1) is 11.6. The van der Waals surface area contributed by atoms with Crippen LogP contribution in [0.25, 0.3) is 0 Å². The quantitative estimate of drug-likeness (QED) is 0.837. The number of hydrogen-bond acceptors (Lipinski definition) is 5. The van der Waals surface area contributed by atoms with Crippen LogP contribution in [0.15, 0.2) is 12.3 Å². The molecule has 0 saturated carbocycles. The molecule has 92 valence electrons. The zero-order valence-corrected chi connectivity index (χ0v) is 9.67. The van der Waals surface area contributed by atoms with E-state index in [1.165, 1.54) is 0 Å². The topological polar surface area (TPSA) is 75.5 Å². The average molecular weight is 237 g/mol. The minimum atomic E-state index is -0.752. The number of piperidine rings is 1. The summed E-state index contributed by atoms with van der Waals surface area (Å²) in [4.78, 5) is 21.2. The Morgan fingerprint density at radius 1 is 1.65 bits per heavy atom. The third-order valence-corrected chi connectivity index (χ3v) is 2.88. The Labute approximate surface area is 99.2 Å². The van der Waals surface area contributed by atoms with Crippen molar-refractivity contribution >= 4 is 11.9 Å². The van der Waals surface area contributed by atoms with E-state index in [2.05, 4.69) is 9.97 Å². The van der Waals surface area contributed by atoms with Crippen LogP contribution in [-0.4, -0.2) is 41.2 Å². The molecule has 2 heterocycles. The lowest BCUT2D eigenvalue weighted by Gasteiger charge is -2.30. The van der Waals surface area contributed by atoms with Crippen molar-refractivity contribution in [3.63, 3.8) is 0 Å². The lowest BCUT2D eigenvalue weighted by molar-refractivity contribution is -0.141. The summed E-state index contributed by atoms with van der Waals surface area (Å²) < 4.78 is 5.03. The van der Waals surface area contributed by atoms with E-state index < -0.39 is 5.97 Å². The average Bonchev–Trinajstić information content (AvgIpc) is 2.39. The van der Waals surface area contributed by atoms with Crippen molar-refractivity contribution in [2.45, 2.75) is 12.8 Å². The normalized spacial score (nSPS) is 20.1. The Bertz CT molecular complexity index is 411. The van der Waals surface area contributed by atoms with Gasteiger partial charge in [0.05, 0.1) is 13.0 Å². The number of carbonyl (C=O) groups is 1. The summed E-state index contributed by atoms with van der Waals surface area (Å²) >= 11 is 0. The van der Waals surface area contributed by atoms with Gasteiger partial charge in [-0.05, 0) is 12.8 Å². The van der Waals surface area contributed by atoms with Gasteiger partial charge >= 0.3 is 5.97 Å². The second-order valence-electron chi connectivity index (χ2n) is 4.02. The van der Waals surface area contributed by atoms with E-state index in [1.54, 1.807) is 19.4 Å². The molecular formula is C11H15N3O3. The molecule has 1 aromatic heterocycles. The molecule has 0 bridgehead atoms. The fraction of sp³-hybridized carbons (Fsp3) is 0.545. The van der Waals surface area contributed by atoms with Crippen molar-refractivity contribution < 1.29 is 14.6 Å². The lowest BCUT2D eigenvalue weighted by Crippen LogP contribution is -2.39. The van der Waals surface area contributed by atoms with Crippen LogP contribution in [0, 0.1) is 5.92 Å². The molecule has 0 unspecified atom stereocenters. The Hall–Kier alpha value is -1.85. The Balaban J connectivity index is 2.13. The van der Waals surface area contributed by atoms with Crippen molar-refractivity contribution in [3.05, 3.63) is 12.3 Å². The molecule has 0 amide bonds. The van der Waals surface area contributed by atoms with E-state index in [0.29, 0.717) is 18.4 Å². The number of aromatic nitrogens is 2. The number of ether oxygens (including phenoxy) is 1. The van der Waals surface area contributed by atoms with E-state index in [1.807, 2.05) is 4.90 Å². The summed E-state index contributed by atoms with van der Waals surface area (Å²) in [5.74, 6) is -0.0566. The molecule has 17 heavy (non-hydrogen) atoms. The van der Waals surface area contributed by atoms with Crippen LogP contribution in [0.2, 0.25) is 0 Å². The van der Waals surface area contributed by atoms with Crippen LogP contribution in [0.1, 0.15) is 12.8 Å². The second-order valence-corrected chi connectivity index (χ2v) is 4.02. The fourth-order valence-corrected chi connectivity index (χ4v) is 1.96. The summed E-state index contributed by atoms with van der Waals surface area (Å²) in [5, 5.41) is 9.01. The van der Waals surface area contributed by atoms with Gasteiger partial charge in [0.25, 0.3) is 0 Å². The summed E-state index contributed by atoms with van der Waals surface area (Å²) in [5.41, 5.74) is 0. The molecule has 0 radical (unpaired) electrons. The van der Waals surface area contributed by atoms with Gasteiger partial charge in [-0.1, -0.05) is 0 Å². The third-order valence-electron chi connectivity index (χ3n) is 2.88. The number of carboxylic acid groups (broad SMARTS) is 1. The van der Waals surface area contributed by atoms with E-state index in [9.17, 15) is 4.79 Å². The van der Waals surface area contributed by atoms with Gasteiger partial charge < -0.3 is 14.7 Å². The SMILES string of the molecule is COc1ccnc(N2CCC[C@@H](C(=O)O)C2)n1. The van der Waals surface area contributed by atoms with E-state index >= 15 is 0 Å². The maximum Gasteiger partial charge on any atom is 0.308 e. The Kier molecular flexibility index (Phi) is 3.41. The largest absolute Gasteiger partial charge is 0.481 e. The Morgan fingerprint density at radius 2 is 2.47 bits per heavy atom. The van der Waals surface area contributed by atoms with Crippen LogP contribution >= 0.6 is 0 Å². The van der Waals surface area contributed by atoms with Crippen molar-refractivity contribution in [2.24, 2.45) is 5.92 Å². The fourth-order valence-electron chi connectivity index (χ4n) is 1.96. The van der Waals surface area contributed by atoms with Gasteiger partial charge in [-0.15, -0.1) is 0 Å². The Morgan fingerprint density at radius 3 is 3.18 bits per heavy atom. The van der Waals surface area contributed by atoms with Crippen molar-refractivity contribution in [3.8, 4) is 5.88 Å². The van der Waals surface area contributed by atoms with Gasteiger partial charge in [0.1, 0.15) is 0 Å². The van der Waals surface area contributed by atoms with Gasteiger partial charge in [0.15, 0.2) is 0 Å². The molecule has 1 fully saturated rings. The van der Waals surface area contributed by atoms with Gasteiger partial charge in [-0.3, -0.25) is 4.79 Å². The predicted octanol–water partition coefficient (Wildman–Crippen LogP) is 0.786. The molecule has 6 heteroatoms. The molecule has 0 spiro atoms. The van der Waals surface area contributed by atoms with Gasteiger partial charge in [-0.25, -0.2) is 4.98 Å². The highest BCUT2D eigenvalue weighted by atomic mass is 16.5. The van der Waals surface area contributed by atoms with Crippen LogP contribution in [-0.2, 0) is 4.79 Å². The van der Waals surface area contributed by atoms with Crippen molar-refractivity contribution in [2.75, 3.05) is 25.1 Å². The molecule has 1 N–H and O–H groups in total. The second kappa shape index (κ2) is 4.99.